The summed E-state index contributed by atoms with van der Waals surface area (Å²) in [7, 11) is 0. The van der Waals surface area contributed by atoms with E-state index in [4.69, 9.17) is 28.9 Å². The monoisotopic (exact) mass is 399 g/mol. The van der Waals surface area contributed by atoms with Crippen LogP contribution < -0.4 is 11.3 Å². The van der Waals surface area contributed by atoms with Gasteiger partial charge in [-0.1, -0.05) is 54.0 Å². The molecule has 0 aliphatic heterocycles. The molecule has 8 heteroatoms. The number of nitrogens with zero attached hydrogens (tertiary/aromatic N) is 2. The van der Waals surface area contributed by atoms with Crippen molar-refractivity contribution in [1.29, 1.82) is 0 Å². The van der Waals surface area contributed by atoms with E-state index >= 15 is 0 Å². The molecule has 0 amide bonds. The van der Waals surface area contributed by atoms with Crippen molar-refractivity contribution in [3.05, 3.63) is 51.3 Å². The number of aromatic nitrogens is 2. The Morgan fingerprint density at radius 1 is 1.36 bits per heavy atom. The number of nitrogens with two attached hydrogens (primary N) is 1. The van der Waals surface area contributed by atoms with E-state index < -0.39 is 5.56 Å². The summed E-state index contributed by atoms with van der Waals surface area (Å²) >= 11 is 13.5. The normalized spacial score (nSPS) is 12.2. The Morgan fingerprint density at radius 2 is 1.96 bits per heavy atom. The Bertz CT molecular complexity index is 853. The van der Waals surface area contributed by atoms with E-state index in [0.717, 1.165) is 11.8 Å². The van der Waals surface area contributed by atoms with Crippen LogP contribution in [0.3, 0.4) is 0 Å². The van der Waals surface area contributed by atoms with Crippen molar-refractivity contribution in [3.63, 3.8) is 0 Å². The molecule has 0 spiro atoms. The lowest BCUT2D eigenvalue weighted by Gasteiger charge is -2.15. The summed E-state index contributed by atoms with van der Waals surface area (Å²) in [5, 5.41) is 0.246. The van der Waals surface area contributed by atoms with E-state index in [9.17, 15) is 9.59 Å². The van der Waals surface area contributed by atoms with Gasteiger partial charge in [0, 0.05) is 11.3 Å². The van der Waals surface area contributed by atoms with Gasteiger partial charge in [-0.2, -0.15) is 4.68 Å². The molecular weight excluding hydrogens is 381 g/mol. The van der Waals surface area contributed by atoms with Crippen molar-refractivity contribution < 1.29 is 4.79 Å². The lowest BCUT2D eigenvalue weighted by Crippen LogP contribution is -2.29. The Hall–Kier alpha value is -1.63. The molecule has 5 nitrogen and oxygen atoms in total. The molecule has 1 heterocycles. The number of anilines is 1. The van der Waals surface area contributed by atoms with E-state index in [1.807, 2.05) is 13.8 Å². The quantitative estimate of drug-likeness (QED) is 0.712. The first-order chi connectivity index (χ1) is 11.8. The summed E-state index contributed by atoms with van der Waals surface area (Å²) in [6.45, 7) is 7.37. The van der Waals surface area contributed by atoms with Gasteiger partial charge in [0.15, 0.2) is 0 Å². The molecule has 0 aliphatic rings. The largest absolute Gasteiger partial charge is 0.383 e. The van der Waals surface area contributed by atoms with Gasteiger partial charge in [-0.3, -0.25) is 9.59 Å². The van der Waals surface area contributed by atoms with Gasteiger partial charge in [-0.25, -0.2) is 4.68 Å². The Labute approximate surface area is 160 Å². The van der Waals surface area contributed by atoms with Crippen LogP contribution in [0, 0.1) is 0 Å². The van der Waals surface area contributed by atoms with Crippen LogP contribution in [0.25, 0.3) is 11.1 Å². The van der Waals surface area contributed by atoms with Crippen molar-refractivity contribution in [2.75, 3.05) is 11.5 Å². The number of hydrogen-bond acceptors (Lipinski definition) is 4. The lowest BCUT2D eigenvalue weighted by molar-refractivity contribution is 0.253. The summed E-state index contributed by atoms with van der Waals surface area (Å²) in [5.41, 5.74) is 6.29. The van der Waals surface area contributed by atoms with Crippen LogP contribution in [-0.4, -0.2) is 20.4 Å². The minimum Gasteiger partial charge on any atom is -0.383 e. The van der Waals surface area contributed by atoms with Crippen LogP contribution in [-0.2, 0) is 0 Å². The third-order valence-electron chi connectivity index (χ3n) is 3.84. The zero-order valence-corrected chi connectivity index (χ0v) is 16.3. The molecule has 1 unspecified atom stereocenters. The fourth-order valence-corrected chi connectivity index (χ4v) is 3.61. The molecule has 2 N–H and O–H groups in total. The smallest absolute Gasteiger partial charge is 0.306 e. The van der Waals surface area contributed by atoms with Gasteiger partial charge < -0.3 is 5.73 Å². The molecule has 0 bridgehead atoms. The van der Waals surface area contributed by atoms with Gasteiger partial charge >= 0.3 is 5.24 Å². The van der Waals surface area contributed by atoms with Gasteiger partial charge in [-0.05, 0) is 25.5 Å². The number of rotatable bonds is 5. The van der Waals surface area contributed by atoms with Crippen LogP contribution >= 0.6 is 35.0 Å². The number of thioether (sulfide) groups is 1. The molecule has 0 saturated heterocycles. The summed E-state index contributed by atoms with van der Waals surface area (Å²) in [5.74, 6) is 0.440. The lowest BCUT2D eigenvalue weighted by atomic mass is 10.1. The second kappa shape index (κ2) is 8.17. The first-order valence-corrected chi connectivity index (χ1v) is 9.44. The highest BCUT2D eigenvalue weighted by Crippen LogP contribution is 2.37. The van der Waals surface area contributed by atoms with Crippen molar-refractivity contribution >= 4 is 46.0 Å². The van der Waals surface area contributed by atoms with Crippen LogP contribution in [0.15, 0.2) is 35.6 Å². The summed E-state index contributed by atoms with van der Waals surface area (Å²) < 4.78 is 2.57. The maximum Gasteiger partial charge on any atom is 0.306 e. The number of halogens is 2. The maximum absolute atomic E-state index is 13.1. The van der Waals surface area contributed by atoms with Crippen LogP contribution in [0.5, 0.6) is 0 Å². The molecule has 0 radical (unpaired) electrons. The Morgan fingerprint density at radius 3 is 2.48 bits per heavy atom. The topological polar surface area (TPSA) is 70.0 Å². The number of benzene rings is 1. The minimum atomic E-state index is -0.394. The van der Waals surface area contributed by atoms with Gasteiger partial charge in [0.1, 0.15) is 5.82 Å². The van der Waals surface area contributed by atoms with Crippen LogP contribution in [0.2, 0.25) is 10.0 Å². The van der Waals surface area contributed by atoms with Crippen molar-refractivity contribution in [1.82, 2.24) is 9.36 Å². The van der Waals surface area contributed by atoms with Crippen LogP contribution in [0.4, 0.5) is 10.6 Å². The third-order valence-corrected chi connectivity index (χ3v) is 5.29. The Kier molecular flexibility index (Phi) is 6.43. The van der Waals surface area contributed by atoms with Gasteiger partial charge in [-0.15, -0.1) is 6.58 Å². The van der Waals surface area contributed by atoms with E-state index in [1.54, 1.807) is 24.3 Å². The first kappa shape index (κ1) is 19.7. The predicted octanol–water partition coefficient (Wildman–Crippen LogP) is 5.06. The van der Waals surface area contributed by atoms with Gasteiger partial charge in [0.05, 0.1) is 21.7 Å². The highest BCUT2D eigenvalue weighted by atomic mass is 35.5. The number of carbonyl (C=O) groups is 1. The van der Waals surface area contributed by atoms with Crippen molar-refractivity contribution in [3.8, 4) is 11.1 Å². The zero-order valence-electron chi connectivity index (χ0n) is 14.0. The number of hydrogen-bond donors (Lipinski definition) is 1. The third kappa shape index (κ3) is 3.66. The number of carbonyl (C=O) groups excluding carboxylic acids is 1. The zero-order chi connectivity index (χ0) is 18.7. The average Bonchev–Trinajstić information content (AvgIpc) is 2.83. The standard InChI is InChI=1S/C17H19Cl2N3O2S/c1-4-9-25-17(24)22-15(20)14(16(23)21(22)10(3)5-2)13-11(18)7-6-8-12(13)19/h4,6-8,10H,1,5,9,20H2,2-3H3. The summed E-state index contributed by atoms with van der Waals surface area (Å²) in [4.78, 5) is 25.7. The molecule has 2 aromatic rings. The fraction of sp³-hybridized carbons (Fsp3) is 0.294. The molecule has 25 heavy (non-hydrogen) atoms. The highest BCUT2D eigenvalue weighted by molar-refractivity contribution is 8.13. The van der Waals surface area contributed by atoms with E-state index in [2.05, 4.69) is 6.58 Å². The Balaban J connectivity index is 2.80. The van der Waals surface area contributed by atoms with Crippen molar-refractivity contribution in [2.45, 2.75) is 26.3 Å². The van der Waals surface area contributed by atoms with E-state index in [1.165, 1.54) is 9.36 Å². The summed E-state index contributed by atoms with van der Waals surface area (Å²) in [6.07, 6.45) is 2.26. The molecule has 0 saturated carbocycles. The van der Waals surface area contributed by atoms with Gasteiger partial charge in [0.25, 0.3) is 5.56 Å². The number of nitrogen functional groups attached to an aromatic ring is 1. The molecule has 0 aliphatic carbocycles. The molecule has 1 atom stereocenters. The highest BCUT2D eigenvalue weighted by Gasteiger charge is 2.27. The molecule has 1 aromatic heterocycles. The second-order valence-electron chi connectivity index (χ2n) is 5.44. The first-order valence-electron chi connectivity index (χ1n) is 7.70. The minimum absolute atomic E-state index is 0.0295. The van der Waals surface area contributed by atoms with Gasteiger partial charge in [0.2, 0.25) is 0 Å². The van der Waals surface area contributed by atoms with Crippen LogP contribution in [0.1, 0.15) is 26.3 Å². The predicted molar refractivity (Wildman–Crippen MR) is 107 cm³/mol. The SMILES string of the molecule is C=CCSC(=O)n1c(N)c(-c2c(Cl)cccc2Cl)c(=O)n1C(C)CC. The molecular formula is C17H19Cl2N3O2S. The molecule has 1 aromatic carbocycles. The maximum atomic E-state index is 13.1. The van der Waals surface area contributed by atoms with Crippen molar-refractivity contribution in [2.24, 2.45) is 0 Å². The summed E-state index contributed by atoms with van der Waals surface area (Å²) in [6, 6.07) is 4.71. The van der Waals surface area contributed by atoms with E-state index in [0.29, 0.717) is 27.8 Å². The average molecular weight is 400 g/mol. The molecule has 2 rings (SSSR count). The fourth-order valence-electron chi connectivity index (χ4n) is 2.46. The molecule has 0 fully saturated rings. The molecule has 134 valence electrons. The second-order valence-corrected chi connectivity index (χ2v) is 7.23. The van der Waals surface area contributed by atoms with E-state index in [-0.39, 0.29) is 22.7 Å².